The lowest BCUT2D eigenvalue weighted by molar-refractivity contribution is -0.120. The first-order valence-electron chi connectivity index (χ1n) is 6.00. The molecule has 0 aliphatic carbocycles. The Bertz CT molecular complexity index is 601. The van der Waals surface area contributed by atoms with E-state index in [1.165, 1.54) is 18.3 Å². The highest BCUT2D eigenvalue weighted by molar-refractivity contribution is 5.82. The topological polar surface area (TPSA) is 54.6 Å². The van der Waals surface area contributed by atoms with Crippen molar-refractivity contribution in [1.29, 1.82) is 0 Å². The van der Waals surface area contributed by atoms with Gasteiger partial charge in [-0.2, -0.15) is 5.10 Å². The molecule has 0 aliphatic heterocycles. The van der Waals surface area contributed by atoms with Crippen molar-refractivity contribution in [2.75, 3.05) is 0 Å². The number of nitrogens with zero attached hydrogens (tertiary/aromatic N) is 1. The Hall–Kier alpha value is -2.69. The molecule has 20 heavy (non-hydrogen) atoms. The minimum Gasteiger partial charge on any atom is -0.465 e. The number of benzene rings is 1. The number of halogens is 1. The standard InChI is InChI=1S/C15H13FN2O2/c16-13-7-5-12(6-8-13)11-15(19)18-17-9-1-3-14-4-2-10-20-14/h1-10H,11H2,(H,18,19)/b3-1+,17-9+. The van der Waals surface area contributed by atoms with Crippen LogP contribution in [0.4, 0.5) is 4.39 Å². The van der Waals surface area contributed by atoms with Gasteiger partial charge in [-0.25, -0.2) is 9.82 Å². The van der Waals surface area contributed by atoms with Gasteiger partial charge in [0, 0.05) is 6.21 Å². The molecule has 2 aromatic rings. The van der Waals surface area contributed by atoms with Crippen molar-refractivity contribution < 1.29 is 13.6 Å². The molecule has 5 heteroatoms. The van der Waals surface area contributed by atoms with Crippen LogP contribution in [0.15, 0.2) is 58.3 Å². The first kappa shape index (κ1) is 13.7. The van der Waals surface area contributed by atoms with Gasteiger partial charge >= 0.3 is 0 Å². The van der Waals surface area contributed by atoms with Crippen molar-refractivity contribution in [3.05, 3.63) is 65.9 Å². The number of allylic oxidation sites excluding steroid dienone is 1. The van der Waals surface area contributed by atoms with E-state index in [9.17, 15) is 9.18 Å². The summed E-state index contributed by atoms with van der Waals surface area (Å²) in [6.45, 7) is 0. The molecule has 4 nitrogen and oxygen atoms in total. The molecule has 102 valence electrons. The molecule has 0 bridgehead atoms. The van der Waals surface area contributed by atoms with E-state index in [0.717, 1.165) is 5.56 Å². The molecule has 1 aromatic heterocycles. The van der Waals surface area contributed by atoms with Crippen LogP contribution in [0, 0.1) is 5.82 Å². The maximum absolute atomic E-state index is 12.7. The van der Waals surface area contributed by atoms with Gasteiger partial charge in [-0.3, -0.25) is 4.79 Å². The third kappa shape index (κ3) is 4.53. The van der Waals surface area contributed by atoms with Gasteiger partial charge in [-0.15, -0.1) is 0 Å². The maximum Gasteiger partial charge on any atom is 0.244 e. The van der Waals surface area contributed by atoms with Gasteiger partial charge in [0.2, 0.25) is 5.91 Å². The number of rotatable bonds is 5. The number of amides is 1. The van der Waals surface area contributed by atoms with Gasteiger partial charge in [-0.1, -0.05) is 12.1 Å². The average Bonchev–Trinajstić information content (AvgIpc) is 2.94. The van der Waals surface area contributed by atoms with E-state index in [-0.39, 0.29) is 18.1 Å². The Morgan fingerprint density at radius 1 is 1.30 bits per heavy atom. The van der Waals surface area contributed by atoms with Gasteiger partial charge in [-0.05, 0) is 42.0 Å². The summed E-state index contributed by atoms with van der Waals surface area (Å²) >= 11 is 0. The highest BCUT2D eigenvalue weighted by Gasteiger charge is 2.01. The highest BCUT2D eigenvalue weighted by Crippen LogP contribution is 2.03. The maximum atomic E-state index is 12.7. The Morgan fingerprint density at radius 2 is 2.10 bits per heavy atom. The fourth-order valence-corrected chi connectivity index (χ4v) is 1.50. The van der Waals surface area contributed by atoms with Crippen molar-refractivity contribution in [1.82, 2.24) is 5.43 Å². The van der Waals surface area contributed by atoms with Gasteiger partial charge in [0.15, 0.2) is 0 Å². The Kier molecular flexibility index (Phi) is 4.83. The molecule has 0 radical (unpaired) electrons. The first-order chi connectivity index (χ1) is 9.74. The summed E-state index contributed by atoms with van der Waals surface area (Å²) in [6, 6.07) is 9.35. The number of nitrogens with one attached hydrogen (secondary N) is 1. The van der Waals surface area contributed by atoms with E-state index < -0.39 is 0 Å². The number of furan rings is 1. The van der Waals surface area contributed by atoms with E-state index >= 15 is 0 Å². The second-order valence-electron chi connectivity index (χ2n) is 3.99. The van der Waals surface area contributed by atoms with Crippen molar-refractivity contribution >= 4 is 18.2 Å². The molecule has 0 saturated carbocycles. The van der Waals surface area contributed by atoms with Crippen LogP contribution in [0.25, 0.3) is 6.08 Å². The number of hydrazone groups is 1. The second kappa shape index (κ2) is 7.04. The molecular formula is C15H13FN2O2. The van der Waals surface area contributed by atoms with Crippen LogP contribution in [0.2, 0.25) is 0 Å². The van der Waals surface area contributed by atoms with Crippen LogP contribution < -0.4 is 5.43 Å². The predicted octanol–water partition coefficient (Wildman–Crippen LogP) is 2.78. The normalized spacial score (nSPS) is 11.2. The Labute approximate surface area is 115 Å². The van der Waals surface area contributed by atoms with E-state index in [4.69, 9.17) is 4.42 Å². The van der Waals surface area contributed by atoms with Crippen LogP contribution in [0.3, 0.4) is 0 Å². The predicted molar refractivity (Wildman–Crippen MR) is 74.5 cm³/mol. The van der Waals surface area contributed by atoms with Crippen molar-refractivity contribution in [2.24, 2.45) is 5.10 Å². The molecule has 0 aliphatic rings. The molecule has 0 saturated heterocycles. The zero-order valence-corrected chi connectivity index (χ0v) is 10.6. The van der Waals surface area contributed by atoms with Crippen molar-refractivity contribution in [3.8, 4) is 0 Å². The van der Waals surface area contributed by atoms with Crippen molar-refractivity contribution in [3.63, 3.8) is 0 Å². The molecule has 0 spiro atoms. The van der Waals surface area contributed by atoms with E-state index in [2.05, 4.69) is 10.5 Å². The zero-order valence-electron chi connectivity index (χ0n) is 10.6. The lowest BCUT2D eigenvalue weighted by Gasteiger charge is -1.99. The van der Waals surface area contributed by atoms with Gasteiger partial charge in [0.25, 0.3) is 0 Å². The molecule has 1 aromatic carbocycles. The average molecular weight is 272 g/mol. The summed E-state index contributed by atoms with van der Waals surface area (Å²) in [4.78, 5) is 11.5. The smallest absolute Gasteiger partial charge is 0.244 e. The third-order valence-corrected chi connectivity index (χ3v) is 2.43. The van der Waals surface area contributed by atoms with Crippen LogP contribution in [0.5, 0.6) is 0 Å². The molecule has 0 fully saturated rings. The van der Waals surface area contributed by atoms with Crippen LogP contribution in [-0.2, 0) is 11.2 Å². The fraction of sp³-hybridized carbons (Fsp3) is 0.0667. The molecule has 0 unspecified atom stereocenters. The van der Waals surface area contributed by atoms with Gasteiger partial charge < -0.3 is 4.42 Å². The van der Waals surface area contributed by atoms with E-state index in [1.807, 2.05) is 0 Å². The minimum absolute atomic E-state index is 0.152. The Balaban J connectivity index is 1.76. The van der Waals surface area contributed by atoms with Gasteiger partial charge in [0.1, 0.15) is 11.6 Å². The van der Waals surface area contributed by atoms with Gasteiger partial charge in [0.05, 0.1) is 12.7 Å². The zero-order chi connectivity index (χ0) is 14.2. The number of carbonyl (C=O) groups excluding carboxylic acids is 1. The molecule has 1 N–H and O–H groups in total. The SMILES string of the molecule is O=C(Cc1ccc(F)cc1)N/N=C/C=C/c1ccco1. The summed E-state index contributed by atoms with van der Waals surface area (Å²) in [5.74, 6) is 0.114. The van der Waals surface area contributed by atoms with Crippen molar-refractivity contribution in [2.45, 2.75) is 6.42 Å². The summed E-state index contributed by atoms with van der Waals surface area (Å²) in [5.41, 5.74) is 3.11. The second-order valence-corrected chi connectivity index (χ2v) is 3.99. The van der Waals surface area contributed by atoms with E-state index in [0.29, 0.717) is 5.76 Å². The number of carbonyl (C=O) groups is 1. The summed E-state index contributed by atoms with van der Waals surface area (Å²) < 4.78 is 17.8. The lowest BCUT2D eigenvalue weighted by atomic mass is 10.1. The number of hydrogen-bond donors (Lipinski definition) is 1. The Morgan fingerprint density at radius 3 is 2.80 bits per heavy atom. The third-order valence-electron chi connectivity index (χ3n) is 2.43. The lowest BCUT2D eigenvalue weighted by Crippen LogP contribution is -2.19. The van der Waals surface area contributed by atoms with Crippen LogP contribution in [-0.4, -0.2) is 12.1 Å². The quantitative estimate of drug-likeness (QED) is 0.672. The molecule has 2 rings (SSSR count). The number of hydrogen-bond acceptors (Lipinski definition) is 3. The minimum atomic E-state index is -0.324. The summed E-state index contributed by atoms with van der Waals surface area (Å²) in [6.07, 6.45) is 6.54. The van der Waals surface area contributed by atoms with Crippen LogP contribution in [0.1, 0.15) is 11.3 Å². The largest absolute Gasteiger partial charge is 0.465 e. The highest BCUT2D eigenvalue weighted by atomic mass is 19.1. The summed E-state index contributed by atoms with van der Waals surface area (Å²) in [7, 11) is 0. The fourth-order valence-electron chi connectivity index (χ4n) is 1.50. The summed E-state index contributed by atoms with van der Waals surface area (Å²) in [5, 5.41) is 3.76. The molecule has 0 atom stereocenters. The van der Waals surface area contributed by atoms with E-state index in [1.54, 1.807) is 42.7 Å². The molecule has 1 amide bonds. The first-order valence-corrected chi connectivity index (χ1v) is 6.00. The molecule has 1 heterocycles. The monoisotopic (exact) mass is 272 g/mol. The van der Waals surface area contributed by atoms with Crippen LogP contribution >= 0.6 is 0 Å². The molecular weight excluding hydrogens is 259 g/mol.